The summed E-state index contributed by atoms with van der Waals surface area (Å²) in [4.78, 5) is 66.8. The summed E-state index contributed by atoms with van der Waals surface area (Å²) in [5.41, 5.74) is -7.94. The van der Waals surface area contributed by atoms with Crippen molar-refractivity contribution < 1.29 is 47.3 Å². The zero-order valence-electron chi connectivity index (χ0n) is 26.8. The van der Waals surface area contributed by atoms with Gasteiger partial charge < -0.3 is 28.1 Å². The molecule has 0 amide bonds. The molecule has 2 aromatic rings. The Morgan fingerprint density at radius 1 is 0.689 bits per heavy atom. The van der Waals surface area contributed by atoms with E-state index >= 15 is 0 Å². The topological polar surface area (TPSA) is 145 Å². The van der Waals surface area contributed by atoms with Crippen molar-refractivity contribution in [2.24, 2.45) is 21.7 Å². The van der Waals surface area contributed by atoms with Gasteiger partial charge in [0.05, 0.1) is 10.8 Å². The molecule has 2 aliphatic carbocycles. The fraction of sp³-hybridized carbons (Fsp3) is 0.618. The van der Waals surface area contributed by atoms with Gasteiger partial charge in [-0.2, -0.15) is 0 Å². The van der Waals surface area contributed by atoms with Gasteiger partial charge in [0, 0.05) is 27.8 Å². The molecule has 4 bridgehead atoms. The molecule has 11 nitrogen and oxygen atoms in total. The van der Waals surface area contributed by atoms with Crippen molar-refractivity contribution in [3.8, 4) is 5.75 Å². The van der Waals surface area contributed by atoms with E-state index < -0.39 is 80.2 Å². The van der Waals surface area contributed by atoms with Crippen molar-refractivity contribution in [1.82, 2.24) is 0 Å². The first-order chi connectivity index (χ1) is 20.8. The third-order valence-electron chi connectivity index (χ3n) is 12.7. The molecule has 3 aliphatic heterocycles. The van der Waals surface area contributed by atoms with Crippen LogP contribution in [0.2, 0.25) is 0 Å². The molecule has 6 atom stereocenters. The van der Waals surface area contributed by atoms with E-state index in [0.717, 1.165) is 0 Å². The van der Waals surface area contributed by atoms with Crippen LogP contribution >= 0.6 is 0 Å². The predicted octanol–water partition coefficient (Wildman–Crippen LogP) is 4.70. The third-order valence-corrected chi connectivity index (χ3v) is 12.7. The van der Waals surface area contributed by atoms with Gasteiger partial charge >= 0.3 is 29.5 Å². The van der Waals surface area contributed by atoms with E-state index in [2.05, 4.69) is 0 Å². The molecule has 0 spiro atoms. The van der Waals surface area contributed by atoms with Crippen LogP contribution in [0.15, 0.2) is 33.5 Å². The standard InChI is InChI=1S/C34H38O11/c1-28(2)23(42-27(39)34-16-14-32(8,25(37)45-34)30(34,5)6)22(21-17-9-12-20(35)40-18(17)10-11-19(21)43-28)41-26(38)33-15-13-31(7,24(36)44-33)29(33,3)4/h9-12,22-23H,13-16H2,1-8H3/t22-,23-,31-,32-,33+,34+/m0/s1. The van der Waals surface area contributed by atoms with E-state index in [-0.39, 0.29) is 18.4 Å². The first-order valence-corrected chi connectivity index (χ1v) is 15.4. The van der Waals surface area contributed by atoms with Crippen molar-refractivity contribution in [1.29, 1.82) is 0 Å². The maximum absolute atomic E-state index is 14.4. The number of carbonyl (C=O) groups excluding carboxylic acids is 4. The van der Waals surface area contributed by atoms with Gasteiger partial charge in [0.15, 0.2) is 12.2 Å². The Bertz CT molecular complexity index is 1780. The van der Waals surface area contributed by atoms with Crippen LogP contribution in [0.3, 0.4) is 0 Å². The second-order valence-corrected chi connectivity index (χ2v) is 15.3. The summed E-state index contributed by atoms with van der Waals surface area (Å²) >= 11 is 0. The highest BCUT2D eigenvalue weighted by Crippen LogP contribution is 2.67. The highest BCUT2D eigenvalue weighted by molar-refractivity contribution is 5.95. The van der Waals surface area contributed by atoms with Crippen LogP contribution in [0.4, 0.5) is 0 Å². The molecule has 2 saturated carbocycles. The Kier molecular flexibility index (Phi) is 5.61. The van der Waals surface area contributed by atoms with Crippen LogP contribution in [0, 0.1) is 21.7 Å². The molecule has 5 aliphatic rings. The summed E-state index contributed by atoms with van der Waals surface area (Å²) in [5.74, 6) is -2.13. The predicted molar refractivity (Wildman–Crippen MR) is 156 cm³/mol. The van der Waals surface area contributed by atoms with Crippen LogP contribution in [0.25, 0.3) is 11.0 Å². The molecule has 1 aromatic carbocycles. The molecule has 2 saturated heterocycles. The lowest BCUT2D eigenvalue weighted by molar-refractivity contribution is -0.217. The average molecular weight is 623 g/mol. The van der Waals surface area contributed by atoms with Gasteiger partial charge in [0.1, 0.15) is 16.9 Å². The summed E-state index contributed by atoms with van der Waals surface area (Å²) < 4.78 is 36.1. The maximum Gasteiger partial charge on any atom is 0.351 e. The molecule has 7 rings (SSSR count). The SMILES string of the molecule is CC1(C)Oc2ccc3oc(=O)ccc3c2[C@H](OC(=O)[C@@]23CC[C@@](C)(C(=O)O2)C3(C)C)[C@@H]1OC(=O)[C@@]12CC[C@@](C)(C(=O)O1)C2(C)C. The normalized spacial score (nSPS) is 37.9. The van der Waals surface area contributed by atoms with E-state index in [1.807, 2.05) is 27.7 Å². The molecule has 45 heavy (non-hydrogen) atoms. The zero-order valence-corrected chi connectivity index (χ0v) is 26.8. The average Bonchev–Trinajstić information content (AvgIpc) is 3.42. The van der Waals surface area contributed by atoms with Crippen LogP contribution < -0.4 is 10.4 Å². The fourth-order valence-corrected chi connectivity index (χ4v) is 8.54. The van der Waals surface area contributed by atoms with Crippen LogP contribution in [-0.2, 0) is 38.1 Å². The molecule has 240 valence electrons. The molecule has 4 fully saturated rings. The Balaban J connectivity index is 1.35. The molecule has 0 N–H and O–H groups in total. The highest BCUT2D eigenvalue weighted by atomic mass is 16.7. The number of esters is 4. The molecular formula is C34H38O11. The van der Waals surface area contributed by atoms with Crippen LogP contribution in [0.5, 0.6) is 5.75 Å². The lowest BCUT2D eigenvalue weighted by Crippen LogP contribution is -2.57. The summed E-state index contributed by atoms with van der Waals surface area (Å²) in [6, 6.07) is 5.96. The molecule has 0 unspecified atom stereocenters. The largest absolute Gasteiger partial charge is 0.483 e. The third kappa shape index (κ3) is 3.29. The van der Waals surface area contributed by atoms with Crippen molar-refractivity contribution >= 4 is 34.8 Å². The lowest BCUT2D eigenvalue weighted by atomic mass is 9.66. The van der Waals surface area contributed by atoms with Gasteiger partial charge in [-0.3, -0.25) is 9.59 Å². The van der Waals surface area contributed by atoms with Crippen molar-refractivity contribution in [2.45, 2.75) is 110 Å². The van der Waals surface area contributed by atoms with Gasteiger partial charge in [0.25, 0.3) is 0 Å². The minimum atomic E-state index is -1.57. The molecule has 1 aromatic heterocycles. The summed E-state index contributed by atoms with van der Waals surface area (Å²) in [5, 5.41) is 0.414. The van der Waals surface area contributed by atoms with E-state index in [4.69, 9.17) is 28.1 Å². The van der Waals surface area contributed by atoms with Gasteiger partial charge in [-0.15, -0.1) is 0 Å². The number of benzene rings is 1. The summed E-state index contributed by atoms with van der Waals surface area (Å²) in [7, 11) is 0. The van der Waals surface area contributed by atoms with Crippen LogP contribution in [-0.4, -0.2) is 46.8 Å². The minimum Gasteiger partial charge on any atom is -0.483 e. The summed E-state index contributed by atoms with van der Waals surface area (Å²) in [6.45, 7) is 14.3. The lowest BCUT2D eigenvalue weighted by Gasteiger charge is -2.46. The second kappa shape index (κ2) is 8.47. The summed E-state index contributed by atoms with van der Waals surface area (Å²) in [6.07, 6.45) is -1.10. The number of carbonyl (C=O) groups is 4. The molecular weight excluding hydrogens is 584 g/mol. The van der Waals surface area contributed by atoms with Crippen LogP contribution in [0.1, 0.15) is 92.7 Å². The van der Waals surface area contributed by atoms with Gasteiger partial charge in [0.2, 0.25) is 11.2 Å². The minimum absolute atomic E-state index is 0.214. The number of rotatable bonds is 4. The van der Waals surface area contributed by atoms with Gasteiger partial charge in [-0.25, -0.2) is 14.4 Å². The quantitative estimate of drug-likeness (QED) is 0.266. The Morgan fingerprint density at radius 3 is 1.71 bits per heavy atom. The molecule has 0 radical (unpaired) electrons. The highest BCUT2D eigenvalue weighted by Gasteiger charge is 2.78. The second-order valence-electron chi connectivity index (χ2n) is 15.3. The first kappa shape index (κ1) is 29.8. The van der Waals surface area contributed by atoms with Gasteiger partial charge in [-0.1, -0.05) is 27.7 Å². The molecule has 11 heteroatoms. The van der Waals surface area contributed by atoms with Gasteiger partial charge in [-0.05, 0) is 71.6 Å². The van der Waals surface area contributed by atoms with E-state index in [1.165, 1.54) is 12.1 Å². The monoisotopic (exact) mass is 622 g/mol. The Hall–Kier alpha value is -3.89. The Labute approximate surface area is 259 Å². The number of hydrogen-bond donors (Lipinski definition) is 0. The van der Waals surface area contributed by atoms with Crippen molar-refractivity contribution in [2.75, 3.05) is 0 Å². The Morgan fingerprint density at radius 2 is 1.22 bits per heavy atom. The number of fused-ring (bicyclic) bond motifs is 7. The first-order valence-electron chi connectivity index (χ1n) is 15.4. The number of hydrogen-bond acceptors (Lipinski definition) is 11. The van der Waals surface area contributed by atoms with E-state index in [9.17, 15) is 24.0 Å². The molecule has 4 heterocycles. The fourth-order valence-electron chi connectivity index (χ4n) is 8.54. The van der Waals surface area contributed by atoms with E-state index in [1.54, 1.807) is 39.8 Å². The number of ether oxygens (including phenoxy) is 5. The maximum atomic E-state index is 14.4. The van der Waals surface area contributed by atoms with Crippen molar-refractivity contribution in [3.05, 3.63) is 40.2 Å². The van der Waals surface area contributed by atoms with E-state index in [0.29, 0.717) is 29.5 Å². The van der Waals surface area contributed by atoms with Crippen molar-refractivity contribution in [3.63, 3.8) is 0 Å². The zero-order chi connectivity index (χ0) is 32.8. The smallest absolute Gasteiger partial charge is 0.351 e.